The third kappa shape index (κ3) is 3.31. The SMILES string of the molecule is C1=Nn2c(CCc3ccccc3)nnc2SC1=Cc1ccccc1. The monoisotopic (exact) mass is 332 g/mol. The average molecular weight is 332 g/mol. The molecule has 24 heavy (non-hydrogen) atoms. The van der Waals surface area contributed by atoms with Crippen molar-refractivity contribution in [1.82, 2.24) is 14.9 Å². The highest BCUT2D eigenvalue weighted by Crippen LogP contribution is 2.29. The quantitative estimate of drug-likeness (QED) is 0.724. The van der Waals surface area contributed by atoms with E-state index in [4.69, 9.17) is 0 Å². The third-order valence-electron chi connectivity index (χ3n) is 3.77. The third-order valence-corrected chi connectivity index (χ3v) is 4.67. The van der Waals surface area contributed by atoms with Crippen LogP contribution in [-0.4, -0.2) is 21.1 Å². The Bertz CT molecular complexity index is 882. The number of hydrogen-bond donors (Lipinski definition) is 0. The summed E-state index contributed by atoms with van der Waals surface area (Å²) in [5.74, 6) is 0.899. The minimum Gasteiger partial charge on any atom is -0.191 e. The first-order valence-electron chi connectivity index (χ1n) is 7.86. The normalized spacial score (nSPS) is 14.8. The van der Waals surface area contributed by atoms with E-state index >= 15 is 0 Å². The molecule has 0 N–H and O–H groups in total. The Hall–Kier alpha value is -2.66. The molecule has 0 saturated carbocycles. The molecule has 1 aliphatic rings. The Kier molecular flexibility index (Phi) is 4.25. The maximum Gasteiger partial charge on any atom is 0.216 e. The Balaban J connectivity index is 1.50. The van der Waals surface area contributed by atoms with E-state index in [0.29, 0.717) is 0 Å². The van der Waals surface area contributed by atoms with Gasteiger partial charge in [0.05, 0.1) is 6.21 Å². The number of aromatic nitrogens is 3. The molecule has 0 unspecified atom stereocenters. The van der Waals surface area contributed by atoms with Crippen LogP contribution >= 0.6 is 11.8 Å². The van der Waals surface area contributed by atoms with Crippen molar-refractivity contribution < 1.29 is 0 Å². The topological polar surface area (TPSA) is 43.1 Å². The molecule has 0 fully saturated rings. The van der Waals surface area contributed by atoms with Crippen molar-refractivity contribution in [2.45, 2.75) is 18.0 Å². The Labute approximate surface area is 144 Å². The second-order valence-electron chi connectivity index (χ2n) is 5.50. The summed E-state index contributed by atoms with van der Waals surface area (Å²) in [4.78, 5) is 1.07. The zero-order chi connectivity index (χ0) is 16.2. The average Bonchev–Trinajstić information content (AvgIpc) is 3.04. The molecule has 3 aromatic rings. The number of fused-ring (bicyclic) bond motifs is 1. The maximum absolute atomic E-state index is 4.52. The van der Waals surface area contributed by atoms with Gasteiger partial charge in [-0.3, -0.25) is 0 Å². The molecule has 1 aromatic heterocycles. The van der Waals surface area contributed by atoms with Gasteiger partial charge in [-0.05, 0) is 35.4 Å². The van der Waals surface area contributed by atoms with Crippen molar-refractivity contribution >= 4 is 24.1 Å². The standard InChI is InChI=1S/C19H16N4S/c1-3-7-15(8-4-1)11-12-18-21-22-19-23(18)20-14-17(24-19)13-16-9-5-2-6-10-16/h1-10,13-14H,11-12H2. The van der Waals surface area contributed by atoms with Crippen LogP contribution in [0.15, 0.2) is 75.8 Å². The summed E-state index contributed by atoms with van der Waals surface area (Å²) in [7, 11) is 0. The fourth-order valence-corrected chi connectivity index (χ4v) is 3.38. The molecule has 0 radical (unpaired) electrons. The largest absolute Gasteiger partial charge is 0.216 e. The lowest BCUT2D eigenvalue weighted by atomic mass is 10.1. The molecule has 0 bridgehead atoms. The highest BCUT2D eigenvalue weighted by atomic mass is 32.2. The number of aryl methyl sites for hydroxylation is 2. The van der Waals surface area contributed by atoms with E-state index in [1.165, 1.54) is 5.56 Å². The van der Waals surface area contributed by atoms with Crippen LogP contribution in [0.4, 0.5) is 0 Å². The van der Waals surface area contributed by atoms with Gasteiger partial charge in [-0.15, -0.1) is 10.2 Å². The van der Waals surface area contributed by atoms with Crippen LogP contribution in [0.2, 0.25) is 0 Å². The van der Waals surface area contributed by atoms with Gasteiger partial charge in [0, 0.05) is 11.3 Å². The van der Waals surface area contributed by atoms with Crippen molar-refractivity contribution in [2.75, 3.05) is 0 Å². The first kappa shape index (κ1) is 14.9. The van der Waals surface area contributed by atoms with Gasteiger partial charge in [-0.1, -0.05) is 60.7 Å². The minimum atomic E-state index is 0.822. The molecular weight excluding hydrogens is 316 g/mol. The van der Waals surface area contributed by atoms with Gasteiger partial charge >= 0.3 is 0 Å². The molecule has 2 heterocycles. The lowest BCUT2D eigenvalue weighted by Crippen LogP contribution is -2.05. The molecule has 0 spiro atoms. The van der Waals surface area contributed by atoms with E-state index in [0.717, 1.165) is 34.3 Å². The number of rotatable bonds is 4. The Morgan fingerprint density at radius 2 is 1.62 bits per heavy atom. The van der Waals surface area contributed by atoms with Crippen LogP contribution in [0.1, 0.15) is 17.0 Å². The highest BCUT2D eigenvalue weighted by Gasteiger charge is 2.17. The van der Waals surface area contributed by atoms with Gasteiger partial charge in [-0.2, -0.15) is 9.78 Å². The summed E-state index contributed by atoms with van der Waals surface area (Å²) < 4.78 is 1.84. The molecule has 5 heteroatoms. The molecule has 0 saturated heterocycles. The van der Waals surface area contributed by atoms with E-state index in [-0.39, 0.29) is 0 Å². The zero-order valence-corrected chi connectivity index (χ0v) is 13.9. The second kappa shape index (κ2) is 6.84. The molecule has 4 nitrogen and oxygen atoms in total. The van der Waals surface area contributed by atoms with Gasteiger partial charge in [0.25, 0.3) is 0 Å². The molecule has 1 aliphatic heterocycles. The van der Waals surface area contributed by atoms with Crippen LogP contribution in [0.25, 0.3) is 6.08 Å². The summed E-state index contributed by atoms with van der Waals surface area (Å²) in [6, 6.07) is 20.6. The van der Waals surface area contributed by atoms with Gasteiger partial charge in [0.15, 0.2) is 5.82 Å². The predicted octanol–water partition coefficient (Wildman–Crippen LogP) is 4.04. The Morgan fingerprint density at radius 3 is 2.42 bits per heavy atom. The first-order chi connectivity index (χ1) is 11.9. The fraction of sp³-hybridized carbons (Fsp3) is 0.105. The summed E-state index contributed by atoms with van der Waals surface area (Å²) in [6.07, 6.45) is 5.74. The van der Waals surface area contributed by atoms with Crippen molar-refractivity contribution in [3.63, 3.8) is 0 Å². The zero-order valence-electron chi connectivity index (χ0n) is 13.0. The summed E-state index contributed by atoms with van der Waals surface area (Å²) >= 11 is 1.60. The van der Waals surface area contributed by atoms with E-state index < -0.39 is 0 Å². The van der Waals surface area contributed by atoms with E-state index in [9.17, 15) is 0 Å². The number of hydrogen-bond acceptors (Lipinski definition) is 4. The van der Waals surface area contributed by atoms with Crippen LogP contribution in [0.5, 0.6) is 0 Å². The molecule has 0 aliphatic carbocycles. The van der Waals surface area contributed by atoms with Crippen molar-refractivity contribution in [3.8, 4) is 0 Å². The minimum absolute atomic E-state index is 0.822. The smallest absolute Gasteiger partial charge is 0.191 e. The fourth-order valence-electron chi connectivity index (χ4n) is 2.56. The first-order valence-corrected chi connectivity index (χ1v) is 8.67. The molecule has 0 atom stereocenters. The van der Waals surface area contributed by atoms with Gasteiger partial charge < -0.3 is 0 Å². The molecular formula is C19H16N4S. The maximum atomic E-state index is 4.52. The van der Waals surface area contributed by atoms with Crippen molar-refractivity contribution in [3.05, 3.63) is 82.5 Å². The van der Waals surface area contributed by atoms with Crippen LogP contribution in [0, 0.1) is 0 Å². The number of allylic oxidation sites excluding steroid dienone is 1. The van der Waals surface area contributed by atoms with Crippen molar-refractivity contribution in [2.24, 2.45) is 5.10 Å². The lowest BCUT2D eigenvalue weighted by molar-refractivity contribution is 0.704. The van der Waals surface area contributed by atoms with Crippen molar-refractivity contribution in [1.29, 1.82) is 0 Å². The van der Waals surface area contributed by atoms with E-state index in [1.54, 1.807) is 11.8 Å². The summed E-state index contributed by atoms with van der Waals surface area (Å²) in [5.41, 5.74) is 2.45. The van der Waals surface area contributed by atoms with Gasteiger partial charge in [0.2, 0.25) is 5.16 Å². The molecule has 118 valence electrons. The van der Waals surface area contributed by atoms with Gasteiger partial charge in [-0.25, -0.2) is 0 Å². The van der Waals surface area contributed by atoms with E-state index in [2.05, 4.69) is 57.8 Å². The number of thioether (sulfide) groups is 1. The number of benzene rings is 2. The molecule has 2 aromatic carbocycles. The van der Waals surface area contributed by atoms with Crippen LogP contribution in [0.3, 0.4) is 0 Å². The predicted molar refractivity (Wildman–Crippen MR) is 98.0 cm³/mol. The number of nitrogens with zero attached hydrogens (tertiary/aromatic N) is 4. The second-order valence-corrected chi connectivity index (χ2v) is 6.54. The van der Waals surface area contributed by atoms with E-state index in [1.807, 2.05) is 35.2 Å². The summed E-state index contributed by atoms with van der Waals surface area (Å²) in [5, 5.41) is 13.9. The van der Waals surface area contributed by atoms with Crippen LogP contribution < -0.4 is 0 Å². The van der Waals surface area contributed by atoms with Gasteiger partial charge in [0.1, 0.15) is 0 Å². The highest BCUT2D eigenvalue weighted by molar-refractivity contribution is 8.04. The summed E-state index contributed by atoms with van der Waals surface area (Å²) in [6.45, 7) is 0. The Morgan fingerprint density at radius 1 is 0.875 bits per heavy atom. The molecule has 4 rings (SSSR count). The molecule has 0 amide bonds. The lowest BCUT2D eigenvalue weighted by Gasteiger charge is -2.09. The van der Waals surface area contributed by atoms with Crippen LogP contribution in [-0.2, 0) is 12.8 Å².